The van der Waals surface area contributed by atoms with Crippen molar-refractivity contribution < 1.29 is 24.1 Å². The number of anilines is 1. The Balaban J connectivity index is 1.39. The van der Waals surface area contributed by atoms with Crippen LogP contribution < -0.4 is 14.8 Å². The maximum Gasteiger partial charge on any atom is 0.336 e. The summed E-state index contributed by atoms with van der Waals surface area (Å²) in [6.07, 6.45) is -0.633. The third kappa shape index (κ3) is 7.79. The number of rotatable bonds is 15. The molecule has 200 valence electrons. The number of aromatic nitrogens is 3. The molecule has 38 heavy (non-hydrogen) atoms. The smallest absolute Gasteiger partial charge is 0.336 e. The highest BCUT2D eigenvalue weighted by atomic mass is 16.5. The highest BCUT2D eigenvalue weighted by molar-refractivity contribution is 5.60. The van der Waals surface area contributed by atoms with Crippen molar-refractivity contribution in [2.45, 2.75) is 19.6 Å². The minimum Gasteiger partial charge on any atom is -0.497 e. The van der Waals surface area contributed by atoms with E-state index >= 15 is 0 Å². The van der Waals surface area contributed by atoms with Crippen LogP contribution in [0.1, 0.15) is 12.5 Å². The van der Waals surface area contributed by atoms with Gasteiger partial charge in [0.05, 0.1) is 38.7 Å². The van der Waals surface area contributed by atoms with Crippen LogP contribution in [0.4, 0.5) is 5.69 Å². The standard InChI is InChI=1S/C29H34N4O5/c1-3-36-17-18-38-29-31-28(23-9-15-27(35-2)16-10-23)33(32-29)25-13-11-24(12-14-25)30-19-26(34)21-37-20-22-7-5-4-6-8-22/h4-16,26,30,34H,3,17-21H2,1-2H3. The molecule has 4 rings (SSSR count). The van der Waals surface area contributed by atoms with Crippen LogP contribution in [0.3, 0.4) is 0 Å². The molecule has 0 saturated heterocycles. The molecule has 9 nitrogen and oxygen atoms in total. The third-order valence-corrected chi connectivity index (χ3v) is 5.67. The van der Waals surface area contributed by atoms with Gasteiger partial charge >= 0.3 is 6.01 Å². The van der Waals surface area contributed by atoms with Crippen LogP contribution in [0.2, 0.25) is 0 Å². The van der Waals surface area contributed by atoms with Crippen molar-refractivity contribution in [1.29, 1.82) is 0 Å². The maximum atomic E-state index is 10.3. The summed E-state index contributed by atoms with van der Waals surface area (Å²) in [5.41, 5.74) is 3.64. The zero-order valence-corrected chi connectivity index (χ0v) is 21.7. The summed E-state index contributed by atoms with van der Waals surface area (Å²) < 4.78 is 23.7. The SMILES string of the molecule is CCOCCOc1nc(-c2ccc(OC)cc2)n(-c2ccc(NCC(O)COCc3ccccc3)cc2)n1. The van der Waals surface area contributed by atoms with Crippen LogP contribution in [0.25, 0.3) is 17.1 Å². The van der Waals surface area contributed by atoms with Crippen molar-refractivity contribution in [2.24, 2.45) is 0 Å². The van der Waals surface area contributed by atoms with Gasteiger partial charge in [-0.1, -0.05) is 30.3 Å². The van der Waals surface area contributed by atoms with E-state index in [1.807, 2.05) is 85.8 Å². The normalized spacial score (nSPS) is 11.8. The van der Waals surface area contributed by atoms with Gasteiger partial charge in [-0.15, -0.1) is 5.10 Å². The first-order valence-electron chi connectivity index (χ1n) is 12.6. The molecule has 4 aromatic rings. The summed E-state index contributed by atoms with van der Waals surface area (Å²) in [6.45, 7) is 4.47. The van der Waals surface area contributed by atoms with E-state index in [0.29, 0.717) is 38.8 Å². The van der Waals surface area contributed by atoms with Crippen molar-refractivity contribution in [3.05, 3.63) is 84.4 Å². The van der Waals surface area contributed by atoms with E-state index in [9.17, 15) is 5.11 Å². The lowest BCUT2D eigenvalue weighted by atomic mass is 10.2. The zero-order chi connectivity index (χ0) is 26.6. The lowest BCUT2D eigenvalue weighted by molar-refractivity contribution is 0.0348. The molecule has 9 heteroatoms. The number of nitrogens with zero attached hydrogens (tertiary/aromatic N) is 3. The van der Waals surface area contributed by atoms with Crippen LogP contribution in [-0.4, -0.2) is 66.1 Å². The lowest BCUT2D eigenvalue weighted by Gasteiger charge is -2.14. The largest absolute Gasteiger partial charge is 0.497 e. The molecule has 2 N–H and O–H groups in total. The fourth-order valence-electron chi connectivity index (χ4n) is 3.70. The van der Waals surface area contributed by atoms with Gasteiger partial charge < -0.3 is 29.4 Å². The molecule has 0 spiro atoms. The molecule has 0 aliphatic carbocycles. The van der Waals surface area contributed by atoms with Crippen LogP contribution in [0.5, 0.6) is 11.8 Å². The van der Waals surface area contributed by atoms with Gasteiger partial charge in [0.2, 0.25) is 0 Å². The number of hydrogen-bond donors (Lipinski definition) is 2. The van der Waals surface area contributed by atoms with Crippen LogP contribution in [-0.2, 0) is 16.1 Å². The molecule has 0 amide bonds. The third-order valence-electron chi connectivity index (χ3n) is 5.67. The molecule has 0 radical (unpaired) electrons. The van der Waals surface area contributed by atoms with E-state index in [4.69, 9.17) is 18.9 Å². The van der Waals surface area contributed by atoms with E-state index in [2.05, 4.69) is 15.4 Å². The number of aliphatic hydroxyl groups excluding tert-OH is 1. The molecule has 0 aliphatic heterocycles. The quantitative estimate of drug-likeness (QED) is 0.224. The fourth-order valence-corrected chi connectivity index (χ4v) is 3.70. The molecule has 0 bridgehead atoms. The van der Waals surface area contributed by atoms with Crippen molar-refractivity contribution >= 4 is 5.69 Å². The number of nitrogens with one attached hydrogen (secondary N) is 1. The van der Waals surface area contributed by atoms with Gasteiger partial charge in [0.25, 0.3) is 0 Å². The Morgan fingerprint density at radius 1 is 0.921 bits per heavy atom. The van der Waals surface area contributed by atoms with Crippen LogP contribution in [0.15, 0.2) is 78.9 Å². The summed E-state index contributed by atoms with van der Waals surface area (Å²) in [5.74, 6) is 1.40. The second-order valence-electron chi connectivity index (χ2n) is 8.49. The van der Waals surface area contributed by atoms with Crippen molar-refractivity contribution in [3.63, 3.8) is 0 Å². The Labute approximate surface area is 223 Å². The first kappa shape index (κ1) is 27.1. The van der Waals surface area contributed by atoms with Gasteiger partial charge in [-0.3, -0.25) is 0 Å². The lowest BCUT2D eigenvalue weighted by Crippen LogP contribution is -2.24. The van der Waals surface area contributed by atoms with E-state index in [1.54, 1.807) is 11.8 Å². The minimum absolute atomic E-state index is 0.246. The van der Waals surface area contributed by atoms with Crippen molar-refractivity contribution in [3.8, 4) is 28.8 Å². The highest BCUT2D eigenvalue weighted by Crippen LogP contribution is 2.26. The molecule has 1 aromatic heterocycles. The second-order valence-corrected chi connectivity index (χ2v) is 8.49. The number of methoxy groups -OCH3 is 1. The van der Waals surface area contributed by atoms with Crippen molar-refractivity contribution in [2.75, 3.05) is 45.4 Å². The number of benzene rings is 3. The topological polar surface area (TPSA) is 99.9 Å². The summed E-state index contributed by atoms with van der Waals surface area (Å²) in [4.78, 5) is 4.61. The first-order chi connectivity index (χ1) is 18.7. The molecule has 1 atom stereocenters. The van der Waals surface area contributed by atoms with E-state index < -0.39 is 6.10 Å². The zero-order valence-electron chi connectivity index (χ0n) is 21.7. The number of aliphatic hydroxyl groups is 1. The summed E-state index contributed by atoms with van der Waals surface area (Å²) >= 11 is 0. The van der Waals surface area contributed by atoms with Gasteiger partial charge in [-0.2, -0.15) is 4.98 Å². The predicted molar refractivity (Wildman–Crippen MR) is 146 cm³/mol. The maximum absolute atomic E-state index is 10.3. The molecule has 0 aliphatic rings. The Kier molecular flexibility index (Phi) is 10.1. The van der Waals surface area contributed by atoms with Crippen molar-refractivity contribution in [1.82, 2.24) is 14.8 Å². The average molecular weight is 519 g/mol. The molecule has 1 unspecified atom stereocenters. The van der Waals surface area contributed by atoms with Gasteiger partial charge in [0.15, 0.2) is 5.82 Å². The van der Waals surface area contributed by atoms with Crippen LogP contribution in [0, 0.1) is 0 Å². The monoisotopic (exact) mass is 518 g/mol. The van der Waals surface area contributed by atoms with Crippen LogP contribution >= 0.6 is 0 Å². The second kappa shape index (κ2) is 14.1. The highest BCUT2D eigenvalue weighted by Gasteiger charge is 2.15. The molecular formula is C29H34N4O5. The van der Waals surface area contributed by atoms with E-state index in [-0.39, 0.29) is 12.6 Å². The molecule has 1 heterocycles. The average Bonchev–Trinajstić information content (AvgIpc) is 3.39. The molecule has 0 fully saturated rings. The fraction of sp³-hybridized carbons (Fsp3) is 0.310. The minimum atomic E-state index is -0.633. The first-order valence-corrected chi connectivity index (χ1v) is 12.6. The van der Waals surface area contributed by atoms with E-state index in [1.165, 1.54) is 0 Å². The Hall–Kier alpha value is -3.92. The summed E-state index contributed by atoms with van der Waals surface area (Å²) in [6, 6.07) is 25.5. The Bertz CT molecular complexity index is 1230. The Morgan fingerprint density at radius 3 is 2.39 bits per heavy atom. The summed E-state index contributed by atoms with van der Waals surface area (Å²) in [5, 5.41) is 18.1. The van der Waals surface area contributed by atoms with Gasteiger partial charge in [0.1, 0.15) is 12.4 Å². The number of ether oxygens (including phenoxy) is 4. The van der Waals surface area contributed by atoms with Gasteiger partial charge in [-0.25, -0.2) is 4.68 Å². The predicted octanol–water partition coefficient (Wildman–Crippen LogP) is 4.35. The van der Waals surface area contributed by atoms with E-state index in [0.717, 1.165) is 28.3 Å². The Morgan fingerprint density at radius 2 is 1.68 bits per heavy atom. The molecule has 3 aromatic carbocycles. The van der Waals surface area contributed by atoms with Gasteiger partial charge in [0, 0.05) is 24.4 Å². The molecular weight excluding hydrogens is 484 g/mol. The summed E-state index contributed by atoms with van der Waals surface area (Å²) in [7, 11) is 1.63. The van der Waals surface area contributed by atoms with Gasteiger partial charge in [-0.05, 0) is 61.0 Å². The molecule has 0 saturated carbocycles. The number of hydrogen-bond acceptors (Lipinski definition) is 8.